The minimum Gasteiger partial charge on any atom is -0.463 e. The van der Waals surface area contributed by atoms with E-state index in [0.717, 1.165) is 27.3 Å². The van der Waals surface area contributed by atoms with Crippen LogP contribution >= 0.6 is 0 Å². The quantitative estimate of drug-likeness (QED) is 0.207. The molecule has 2 heterocycles. The molecule has 2 aromatic heterocycles. The van der Waals surface area contributed by atoms with Gasteiger partial charge in [-0.05, 0) is 73.6 Å². The second-order valence-corrected chi connectivity index (χ2v) is 10.3. The maximum atomic E-state index is 9.17. The summed E-state index contributed by atoms with van der Waals surface area (Å²) in [6.45, 7) is 0. The van der Waals surface area contributed by atoms with Gasteiger partial charge >= 0.3 is 0 Å². The van der Waals surface area contributed by atoms with Crippen molar-refractivity contribution in [2.75, 3.05) is 0 Å². The summed E-state index contributed by atoms with van der Waals surface area (Å²) in [5.41, 5.74) is 5.34. The Kier molecular flexibility index (Phi) is 3.54. The molecule has 0 spiro atoms. The van der Waals surface area contributed by atoms with E-state index in [9.17, 15) is 0 Å². The van der Waals surface area contributed by atoms with Crippen LogP contribution in [0.25, 0.3) is 87.8 Å². The molecule has 0 aliphatic carbocycles. The summed E-state index contributed by atoms with van der Waals surface area (Å²) in [4.78, 5) is 0. The van der Waals surface area contributed by atoms with E-state index in [0.29, 0.717) is 33.4 Å². The first kappa shape index (κ1) is 16.6. The second kappa shape index (κ2) is 8.95. The van der Waals surface area contributed by atoms with Crippen LogP contribution in [0.15, 0.2) is 154 Å². The van der Waals surface area contributed by atoms with Gasteiger partial charge in [-0.3, -0.25) is 0 Å². The van der Waals surface area contributed by atoms with E-state index in [-0.39, 0.29) is 51.3 Å². The highest BCUT2D eigenvalue weighted by molar-refractivity contribution is 6.23. The first-order valence-corrected chi connectivity index (χ1v) is 13.6. The van der Waals surface area contributed by atoms with E-state index in [2.05, 4.69) is 0 Å². The van der Waals surface area contributed by atoms with Gasteiger partial charge in [-0.25, -0.2) is 0 Å². The fraction of sp³-hybridized carbons (Fsp3) is 0. The van der Waals surface area contributed by atoms with Gasteiger partial charge < -0.3 is 8.83 Å². The fourth-order valence-corrected chi connectivity index (χ4v) is 6.16. The number of hydrogen-bond donors (Lipinski definition) is 0. The molecular weight excluding hydrogens is 512 g/mol. The van der Waals surface area contributed by atoms with Crippen LogP contribution in [0.1, 0.15) is 11.0 Å². The highest BCUT2D eigenvalue weighted by Gasteiger charge is 2.19. The zero-order chi connectivity index (χ0) is 34.6. The maximum Gasteiger partial charge on any atom is 0.146 e. The Hall–Kier alpha value is -5.60. The molecule has 0 aliphatic rings. The monoisotopic (exact) mass is 544 g/mol. The van der Waals surface area contributed by atoms with Gasteiger partial charge in [0.25, 0.3) is 0 Å². The van der Waals surface area contributed by atoms with E-state index >= 15 is 0 Å². The molecule has 0 aliphatic heterocycles. The van der Waals surface area contributed by atoms with E-state index in [1.807, 2.05) is 54.6 Å². The Morgan fingerprint density at radius 2 is 1.05 bits per heavy atom. The third-order valence-corrected chi connectivity index (χ3v) is 7.99. The fourth-order valence-electron chi connectivity index (χ4n) is 6.16. The lowest BCUT2D eigenvalue weighted by Gasteiger charge is -2.17. The highest BCUT2D eigenvalue weighted by Crippen LogP contribution is 2.45. The van der Waals surface area contributed by atoms with Crippen molar-refractivity contribution in [2.24, 2.45) is 0 Å². The van der Waals surface area contributed by atoms with Crippen molar-refractivity contribution >= 4 is 54.5 Å². The van der Waals surface area contributed by atoms with Crippen molar-refractivity contribution < 1.29 is 19.8 Å². The van der Waals surface area contributed by atoms with E-state index in [1.54, 1.807) is 42.7 Å². The molecule has 9 aromatic rings. The summed E-state index contributed by atoms with van der Waals surface area (Å²) in [6.07, 6.45) is 1.74. The van der Waals surface area contributed by atoms with Gasteiger partial charge in [-0.2, -0.15) is 0 Å². The van der Waals surface area contributed by atoms with E-state index in [4.69, 9.17) is 19.8 Å². The Labute approximate surface area is 253 Å². The van der Waals surface area contributed by atoms with Crippen LogP contribution in [0.3, 0.4) is 0 Å². The molecule has 9 rings (SSSR count). The van der Waals surface area contributed by atoms with Crippen molar-refractivity contribution in [3.8, 4) is 33.4 Å². The molecule has 2 heteroatoms. The number of benzene rings is 7. The standard InChI is InChI=1S/C40H24O2/c1-3-11-25(12-4-1)34-24-41-40-32(34)21-22-35-39(40)33-20-19-27(23-36(33)42-35)38-30-17-9-7-15-28(30)37(26-13-5-2-6-14-26)29-16-8-10-18-31(29)38/h1-24H/i7D,8D,9D,10D,15D,16D,17D,18D. The zero-order valence-corrected chi connectivity index (χ0v) is 22.1. The number of rotatable bonds is 3. The molecular formula is C40H24O2. The third kappa shape index (κ3) is 3.33. The predicted molar refractivity (Wildman–Crippen MR) is 175 cm³/mol. The molecule has 7 aromatic carbocycles. The van der Waals surface area contributed by atoms with E-state index < -0.39 is 24.2 Å². The Morgan fingerprint density at radius 1 is 0.476 bits per heavy atom. The molecule has 0 bridgehead atoms. The molecule has 0 unspecified atom stereocenters. The zero-order valence-electron chi connectivity index (χ0n) is 30.1. The third-order valence-electron chi connectivity index (χ3n) is 7.99. The van der Waals surface area contributed by atoms with Crippen molar-refractivity contribution in [1.82, 2.24) is 0 Å². The van der Waals surface area contributed by atoms with Crippen molar-refractivity contribution in [1.29, 1.82) is 0 Å². The SMILES string of the molecule is [2H]c1c([2H])c([2H])c2c(-c3ccc4c(c3)oc3ccc5c(-c6ccccc6)coc5c34)c3c([2H])c([2H])c([2H])c([2H])c3c(-c3ccccc3)c2c1[2H]. The summed E-state index contributed by atoms with van der Waals surface area (Å²) >= 11 is 0. The number of furan rings is 2. The van der Waals surface area contributed by atoms with Crippen LogP contribution in [0, 0.1) is 0 Å². The van der Waals surface area contributed by atoms with Crippen LogP contribution in [0.2, 0.25) is 0 Å². The average molecular weight is 545 g/mol. The molecule has 0 saturated carbocycles. The lowest BCUT2D eigenvalue weighted by Crippen LogP contribution is -1.90. The van der Waals surface area contributed by atoms with Gasteiger partial charge in [0.05, 0.1) is 22.6 Å². The van der Waals surface area contributed by atoms with Gasteiger partial charge in [-0.1, -0.05) is 115 Å². The van der Waals surface area contributed by atoms with Crippen LogP contribution in [0.5, 0.6) is 0 Å². The topological polar surface area (TPSA) is 26.3 Å². The van der Waals surface area contributed by atoms with Crippen molar-refractivity contribution in [2.45, 2.75) is 0 Å². The molecule has 0 radical (unpaired) electrons. The van der Waals surface area contributed by atoms with Crippen LogP contribution in [-0.4, -0.2) is 0 Å². The normalized spacial score (nSPS) is 14.5. The Balaban J connectivity index is 1.43. The lowest BCUT2D eigenvalue weighted by molar-refractivity contribution is 0.619. The van der Waals surface area contributed by atoms with E-state index in [1.165, 1.54) is 0 Å². The van der Waals surface area contributed by atoms with Gasteiger partial charge in [0.2, 0.25) is 0 Å². The first-order valence-electron chi connectivity index (χ1n) is 17.6. The highest BCUT2D eigenvalue weighted by atomic mass is 16.3. The Bertz CT molecular complexity index is 2810. The lowest BCUT2D eigenvalue weighted by atomic mass is 9.86. The van der Waals surface area contributed by atoms with Crippen molar-refractivity contribution in [3.05, 3.63) is 146 Å². The van der Waals surface area contributed by atoms with Crippen LogP contribution < -0.4 is 0 Å². The van der Waals surface area contributed by atoms with Crippen LogP contribution in [0.4, 0.5) is 0 Å². The molecule has 0 amide bonds. The largest absolute Gasteiger partial charge is 0.463 e. The molecule has 2 nitrogen and oxygen atoms in total. The summed E-state index contributed by atoms with van der Waals surface area (Å²) in [7, 11) is 0. The molecule has 0 fully saturated rings. The molecule has 0 saturated heterocycles. The van der Waals surface area contributed by atoms with Gasteiger partial charge in [0.1, 0.15) is 16.7 Å². The minimum absolute atomic E-state index is 0.156. The summed E-state index contributed by atoms with van der Waals surface area (Å²) in [6, 6.07) is 25.2. The molecule has 0 atom stereocenters. The first-order chi connectivity index (χ1) is 24.2. The summed E-state index contributed by atoms with van der Waals surface area (Å²) in [5, 5.41) is 3.13. The van der Waals surface area contributed by atoms with Crippen molar-refractivity contribution in [3.63, 3.8) is 0 Å². The smallest absolute Gasteiger partial charge is 0.146 e. The predicted octanol–water partition coefficient (Wildman–Crippen LogP) is 11.6. The minimum atomic E-state index is -0.442. The van der Waals surface area contributed by atoms with Gasteiger partial charge in [0, 0.05) is 16.3 Å². The molecule has 196 valence electrons. The van der Waals surface area contributed by atoms with Gasteiger partial charge in [0.15, 0.2) is 0 Å². The molecule has 0 N–H and O–H groups in total. The number of fused-ring (bicyclic) bond motifs is 7. The number of hydrogen-bond acceptors (Lipinski definition) is 2. The summed E-state index contributed by atoms with van der Waals surface area (Å²) in [5.74, 6) is 0. The molecule has 42 heavy (non-hydrogen) atoms. The maximum absolute atomic E-state index is 9.17. The van der Waals surface area contributed by atoms with Crippen LogP contribution in [-0.2, 0) is 0 Å². The second-order valence-electron chi connectivity index (χ2n) is 10.3. The average Bonchev–Trinajstić information content (AvgIpc) is 3.75. The van der Waals surface area contributed by atoms with Gasteiger partial charge in [-0.15, -0.1) is 0 Å². The summed E-state index contributed by atoms with van der Waals surface area (Å²) < 4.78 is 83.6. The Morgan fingerprint density at radius 3 is 1.69 bits per heavy atom.